The minimum atomic E-state index is 0.336. The fourth-order valence-electron chi connectivity index (χ4n) is 2.71. The van der Waals surface area contributed by atoms with Crippen LogP contribution in [0.5, 0.6) is 5.75 Å². The van der Waals surface area contributed by atoms with E-state index in [1.165, 1.54) is 0 Å². The minimum Gasteiger partial charge on any atom is -0.487 e. The molecule has 0 aliphatic rings. The number of ether oxygens (including phenoxy) is 1. The molecule has 1 heterocycles. The first-order valence-electron chi connectivity index (χ1n) is 8.89. The average molecular weight is 448 g/mol. The number of nitrogens with one attached hydrogen (secondary N) is 1. The lowest BCUT2D eigenvalue weighted by atomic mass is 10.1. The molecule has 3 rings (SSSR count). The van der Waals surface area contributed by atoms with Crippen molar-refractivity contribution < 1.29 is 9.53 Å². The number of nitrogens with two attached hydrogens (primary N) is 2. The Labute approximate surface area is 185 Å². The number of rotatable bonds is 6. The number of amides is 1. The van der Waals surface area contributed by atoms with Gasteiger partial charge in [-0.2, -0.15) is 0 Å². The number of carbonyl (C=O) groups is 1. The van der Waals surface area contributed by atoms with Crippen LogP contribution in [0.2, 0.25) is 10.0 Å². The normalized spacial score (nSPS) is 9.93. The molecular formula is C21H23Cl2N5O2. The zero-order valence-electron chi connectivity index (χ0n) is 16.6. The second-order valence-corrected chi connectivity index (χ2v) is 7.05. The highest BCUT2D eigenvalue weighted by Crippen LogP contribution is 2.36. The van der Waals surface area contributed by atoms with Crippen LogP contribution in [0.4, 0.5) is 5.69 Å². The standard InChI is InChI=1S/C20H19Cl2N3O.CH4N2O/c1-13-6-5-8-19(25(2)23)15(13)12-26-20-11-16(21)14(10-17(20)22)18-7-3-4-9-24-18;2-3-1-4/h3-11H,12,23H2,1-2H3;1H,2H2,(H,3,4). The predicted octanol–water partition coefficient (Wildman–Crippen LogP) is 3.86. The van der Waals surface area contributed by atoms with Crippen molar-refractivity contribution in [2.24, 2.45) is 11.7 Å². The summed E-state index contributed by atoms with van der Waals surface area (Å²) in [6, 6.07) is 15.1. The Kier molecular flexibility index (Phi) is 8.89. The summed E-state index contributed by atoms with van der Waals surface area (Å²) < 4.78 is 5.95. The maximum atomic E-state index is 8.94. The van der Waals surface area contributed by atoms with Crippen molar-refractivity contribution >= 4 is 35.3 Å². The molecule has 1 amide bonds. The van der Waals surface area contributed by atoms with Gasteiger partial charge in [0.25, 0.3) is 0 Å². The van der Waals surface area contributed by atoms with Crippen LogP contribution in [0.25, 0.3) is 11.3 Å². The van der Waals surface area contributed by atoms with Crippen LogP contribution in [0.15, 0.2) is 54.7 Å². The second kappa shape index (κ2) is 11.4. The Morgan fingerprint density at radius 3 is 2.50 bits per heavy atom. The van der Waals surface area contributed by atoms with Crippen LogP contribution in [0.3, 0.4) is 0 Å². The molecule has 9 heteroatoms. The van der Waals surface area contributed by atoms with Gasteiger partial charge in [0.2, 0.25) is 6.41 Å². The molecule has 5 N–H and O–H groups in total. The Balaban J connectivity index is 0.000000735. The number of benzene rings is 2. The molecule has 7 nitrogen and oxygen atoms in total. The van der Waals surface area contributed by atoms with E-state index < -0.39 is 0 Å². The molecule has 0 spiro atoms. The van der Waals surface area contributed by atoms with Crippen molar-refractivity contribution in [2.75, 3.05) is 12.1 Å². The van der Waals surface area contributed by atoms with Gasteiger partial charge in [-0.3, -0.25) is 15.2 Å². The first-order chi connectivity index (χ1) is 14.4. The summed E-state index contributed by atoms with van der Waals surface area (Å²) in [5.41, 5.74) is 6.27. The van der Waals surface area contributed by atoms with Gasteiger partial charge in [0, 0.05) is 30.4 Å². The summed E-state index contributed by atoms with van der Waals surface area (Å²) in [5, 5.41) is 2.58. The third-order valence-corrected chi connectivity index (χ3v) is 4.78. The van der Waals surface area contributed by atoms with Gasteiger partial charge in [0.15, 0.2) is 0 Å². The number of carbonyl (C=O) groups excluding carboxylic acids is 1. The van der Waals surface area contributed by atoms with Crippen molar-refractivity contribution in [1.82, 2.24) is 10.4 Å². The van der Waals surface area contributed by atoms with Gasteiger partial charge in [-0.15, -0.1) is 0 Å². The predicted molar refractivity (Wildman–Crippen MR) is 121 cm³/mol. The maximum absolute atomic E-state index is 8.94. The molecule has 0 radical (unpaired) electrons. The number of halogens is 2. The Hall–Kier alpha value is -2.84. The summed E-state index contributed by atoms with van der Waals surface area (Å²) in [6.45, 7) is 2.35. The first-order valence-corrected chi connectivity index (χ1v) is 9.64. The van der Waals surface area contributed by atoms with Crippen molar-refractivity contribution in [2.45, 2.75) is 13.5 Å². The van der Waals surface area contributed by atoms with E-state index in [0.717, 1.165) is 28.1 Å². The van der Waals surface area contributed by atoms with Crippen LogP contribution < -0.4 is 26.9 Å². The molecule has 0 fully saturated rings. The van der Waals surface area contributed by atoms with Gasteiger partial charge in [0.1, 0.15) is 12.4 Å². The van der Waals surface area contributed by atoms with E-state index in [1.807, 2.05) is 43.3 Å². The van der Waals surface area contributed by atoms with Gasteiger partial charge in [-0.1, -0.05) is 41.4 Å². The fourth-order valence-corrected chi connectivity index (χ4v) is 3.18. The molecule has 30 heavy (non-hydrogen) atoms. The van der Waals surface area contributed by atoms with Crippen molar-refractivity contribution in [3.8, 4) is 17.0 Å². The molecule has 1 aromatic heterocycles. The smallest absolute Gasteiger partial charge is 0.221 e. The molecule has 158 valence electrons. The highest BCUT2D eigenvalue weighted by molar-refractivity contribution is 6.36. The number of pyridine rings is 1. The van der Waals surface area contributed by atoms with Gasteiger partial charge >= 0.3 is 0 Å². The van der Waals surface area contributed by atoms with Gasteiger partial charge in [0.05, 0.1) is 21.4 Å². The molecule has 0 aliphatic heterocycles. The van der Waals surface area contributed by atoms with E-state index in [1.54, 1.807) is 35.8 Å². The Morgan fingerprint density at radius 1 is 1.17 bits per heavy atom. The van der Waals surface area contributed by atoms with E-state index in [4.69, 9.17) is 38.6 Å². The molecule has 0 bridgehead atoms. The number of hydrazine groups is 2. The lowest BCUT2D eigenvalue weighted by Gasteiger charge is -2.19. The largest absolute Gasteiger partial charge is 0.487 e. The zero-order valence-corrected chi connectivity index (χ0v) is 18.1. The quantitative estimate of drug-likeness (QED) is 0.229. The third kappa shape index (κ3) is 6.08. The number of hydrogen-bond donors (Lipinski definition) is 3. The number of aromatic nitrogens is 1. The van der Waals surface area contributed by atoms with Gasteiger partial charge in [-0.25, -0.2) is 11.7 Å². The lowest BCUT2D eigenvalue weighted by Crippen LogP contribution is -2.26. The maximum Gasteiger partial charge on any atom is 0.221 e. The summed E-state index contributed by atoms with van der Waals surface area (Å²) in [5.74, 6) is 10.8. The number of aryl methyl sites for hydroxylation is 1. The van der Waals surface area contributed by atoms with E-state index in [9.17, 15) is 0 Å². The zero-order chi connectivity index (χ0) is 22.1. The molecule has 2 aromatic carbocycles. The van der Waals surface area contributed by atoms with Gasteiger partial charge in [-0.05, 0) is 36.8 Å². The SMILES string of the molecule is Cc1cccc(N(C)N)c1COc1cc(Cl)c(-c2ccccn2)cc1Cl.NNC=O. The lowest BCUT2D eigenvalue weighted by molar-refractivity contribution is -0.109. The summed E-state index contributed by atoms with van der Waals surface area (Å²) in [6.07, 6.45) is 2.12. The third-order valence-electron chi connectivity index (χ3n) is 4.17. The van der Waals surface area contributed by atoms with Crippen LogP contribution in [-0.2, 0) is 11.4 Å². The molecular weight excluding hydrogens is 425 g/mol. The first kappa shape index (κ1) is 23.4. The molecule has 0 saturated heterocycles. The molecule has 3 aromatic rings. The van der Waals surface area contributed by atoms with E-state index in [0.29, 0.717) is 28.8 Å². The highest BCUT2D eigenvalue weighted by atomic mass is 35.5. The summed E-state index contributed by atoms with van der Waals surface area (Å²) in [4.78, 5) is 13.3. The minimum absolute atomic E-state index is 0.336. The topological polar surface area (TPSA) is 106 Å². The molecule has 0 aliphatic carbocycles. The molecule has 0 unspecified atom stereocenters. The average Bonchev–Trinajstić information content (AvgIpc) is 2.75. The molecule has 0 atom stereocenters. The summed E-state index contributed by atoms with van der Waals surface area (Å²) >= 11 is 12.8. The van der Waals surface area contributed by atoms with Crippen LogP contribution in [-0.4, -0.2) is 18.4 Å². The van der Waals surface area contributed by atoms with E-state index >= 15 is 0 Å². The monoisotopic (exact) mass is 447 g/mol. The van der Waals surface area contributed by atoms with Crippen LogP contribution in [0.1, 0.15) is 11.1 Å². The highest BCUT2D eigenvalue weighted by Gasteiger charge is 2.13. The summed E-state index contributed by atoms with van der Waals surface area (Å²) in [7, 11) is 1.80. The number of hydrogen-bond acceptors (Lipinski definition) is 6. The van der Waals surface area contributed by atoms with Crippen LogP contribution >= 0.6 is 23.2 Å². The van der Waals surface area contributed by atoms with E-state index in [2.05, 4.69) is 10.8 Å². The fraction of sp³-hybridized carbons (Fsp3) is 0.143. The number of nitrogens with zero attached hydrogens (tertiary/aromatic N) is 2. The van der Waals surface area contributed by atoms with Crippen molar-refractivity contribution in [3.63, 3.8) is 0 Å². The molecule has 0 saturated carbocycles. The Morgan fingerprint density at radius 2 is 1.90 bits per heavy atom. The van der Waals surface area contributed by atoms with E-state index in [-0.39, 0.29) is 0 Å². The van der Waals surface area contributed by atoms with Gasteiger partial charge < -0.3 is 9.75 Å². The van der Waals surface area contributed by atoms with Crippen molar-refractivity contribution in [3.05, 3.63) is 75.9 Å². The second-order valence-electron chi connectivity index (χ2n) is 6.23. The van der Waals surface area contributed by atoms with Crippen LogP contribution in [0, 0.1) is 6.92 Å². The number of anilines is 1. The Bertz CT molecular complexity index is 985. The van der Waals surface area contributed by atoms with Crippen molar-refractivity contribution in [1.29, 1.82) is 0 Å².